The Morgan fingerprint density at radius 2 is 2.00 bits per heavy atom. The minimum Gasteiger partial charge on any atom is -0.493 e. The van der Waals surface area contributed by atoms with Crippen molar-refractivity contribution in [1.82, 2.24) is 9.88 Å². The van der Waals surface area contributed by atoms with E-state index in [0.717, 1.165) is 42.2 Å². The largest absolute Gasteiger partial charge is 0.493 e. The summed E-state index contributed by atoms with van der Waals surface area (Å²) in [6, 6.07) is 4.64. The van der Waals surface area contributed by atoms with E-state index in [1.54, 1.807) is 0 Å². The van der Waals surface area contributed by atoms with Crippen molar-refractivity contribution in [2.45, 2.75) is 72.1 Å². The van der Waals surface area contributed by atoms with Crippen molar-refractivity contribution in [3.05, 3.63) is 28.8 Å². The van der Waals surface area contributed by atoms with Crippen molar-refractivity contribution in [1.29, 1.82) is 0 Å². The Hall–Kier alpha value is -1.85. The lowest BCUT2D eigenvalue weighted by Gasteiger charge is -2.23. The average Bonchev–Trinajstić information content (AvgIpc) is 3.27. The first-order valence-electron chi connectivity index (χ1n) is 11.1. The summed E-state index contributed by atoms with van der Waals surface area (Å²) in [5.74, 6) is 1.88. The molecule has 0 atom stereocenters. The minimum absolute atomic E-state index is 0.312. The highest BCUT2D eigenvalue weighted by molar-refractivity contribution is 5.89. The molecule has 1 aromatic heterocycles. The molecule has 1 N–H and O–H groups in total. The number of anilines is 1. The van der Waals surface area contributed by atoms with Crippen LogP contribution in [-0.4, -0.2) is 42.2 Å². The molecule has 158 valence electrons. The zero-order valence-electron chi connectivity index (χ0n) is 18.6. The van der Waals surface area contributed by atoms with Crippen LogP contribution in [0.4, 0.5) is 5.82 Å². The number of aromatic nitrogens is 1. The normalized spacial score (nSPS) is 18.6. The van der Waals surface area contributed by atoms with E-state index in [1.807, 2.05) is 0 Å². The molecule has 5 heteroatoms. The predicted molar refractivity (Wildman–Crippen MR) is 119 cm³/mol. The van der Waals surface area contributed by atoms with Gasteiger partial charge in [0.1, 0.15) is 11.6 Å². The summed E-state index contributed by atoms with van der Waals surface area (Å²) in [5.41, 5.74) is 4.27. The molecule has 0 radical (unpaired) electrons. The molecule has 4 rings (SSSR count). The van der Waals surface area contributed by atoms with Gasteiger partial charge in [-0.15, -0.1) is 0 Å². The highest BCUT2D eigenvalue weighted by Gasteiger charge is 2.36. The van der Waals surface area contributed by atoms with Gasteiger partial charge in [0, 0.05) is 29.6 Å². The van der Waals surface area contributed by atoms with Crippen molar-refractivity contribution >= 4 is 16.7 Å². The van der Waals surface area contributed by atoms with Crippen molar-refractivity contribution in [3.63, 3.8) is 0 Å². The number of nitrogens with zero attached hydrogens (tertiary/aromatic N) is 2. The van der Waals surface area contributed by atoms with E-state index in [2.05, 4.69) is 57.0 Å². The molecule has 2 aliphatic rings. The van der Waals surface area contributed by atoms with Crippen LogP contribution in [0.5, 0.6) is 5.75 Å². The van der Waals surface area contributed by atoms with Crippen LogP contribution < -0.4 is 10.1 Å². The van der Waals surface area contributed by atoms with E-state index in [4.69, 9.17) is 14.5 Å². The van der Waals surface area contributed by atoms with Gasteiger partial charge in [-0.2, -0.15) is 0 Å². The predicted octanol–water partition coefficient (Wildman–Crippen LogP) is 4.99. The second kappa shape index (κ2) is 8.11. The van der Waals surface area contributed by atoms with Gasteiger partial charge >= 0.3 is 0 Å². The van der Waals surface area contributed by atoms with Crippen LogP contribution in [0, 0.1) is 6.92 Å². The third-order valence-electron chi connectivity index (χ3n) is 6.07. The molecule has 0 spiro atoms. The smallest absolute Gasteiger partial charge is 0.133 e. The van der Waals surface area contributed by atoms with Gasteiger partial charge in [-0.3, -0.25) is 0 Å². The molecule has 5 nitrogen and oxygen atoms in total. The summed E-state index contributed by atoms with van der Waals surface area (Å²) < 4.78 is 12.3. The number of aryl methyl sites for hydroxylation is 1. The number of ether oxygens (including phenoxy) is 2. The maximum atomic E-state index is 6.17. The first-order chi connectivity index (χ1) is 13.8. The van der Waals surface area contributed by atoms with E-state index >= 15 is 0 Å². The Balaban J connectivity index is 1.60. The lowest BCUT2D eigenvalue weighted by atomic mass is 9.93. The molecule has 3 heterocycles. The molecular formula is C24H35N3O2. The van der Waals surface area contributed by atoms with Crippen LogP contribution in [0.25, 0.3) is 10.9 Å². The second-order valence-corrected chi connectivity index (χ2v) is 9.30. The van der Waals surface area contributed by atoms with E-state index < -0.39 is 0 Å². The van der Waals surface area contributed by atoms with Gasteiger partial charge in [0.15, 0.2) is 0 Å². The lowest BCUT2D eigenvalue weighted by Crippen LogP contribution is -2.22. The van der Waals surface area contributed by atoms with Crippen LogP contribution >= 0.6 is 0 Å². The van der Waals surface area contributed by atoms with Gasteiger partial charge in [0.05, 0.1) is 24.3 Å². The highest BCUT2D eigenvalue weighted by atomic mass is 16.5. The molecule has 1 fully saturated rings. The van der Waals surface area contributed by atoms with E-state index in [9.17, 15) is 0 Å². The fourth-order valence-corrected chi connectivity index (χ4v) is 4.60. The topological polar surface area (TPSA) is 46.6 Å². The third kappa shape index (κ3) is 4.22. The van der Waals surface area contributed by atoms with E-state index in [0.29, 0.717) is 12.6 Å². The summed E-state index contributed by atoms with van der Waals surface area (Å²) in [6.45, 7) is 15.7. The Labute approximate surface area is 174 Å². The molecule has 0 saturated carbocycles. The number of benzene rings is 1. The van der Waals surface area contributed by atoms with Crippen molar-refractivity contribution < 1.29 is 9.47 Å². The second-order valence-electron chi connectivity index (χ2n) is 9.30. The number of fused-ring (bicyclic) bond motifs is 3. The van der Waals surface area contributed by atoms with Gasteiger partial charge in [0.25, 0.3) is 0 Å². The SMILES string of the molecule is Cc1cc2c3c(c(NC(C)C)nc2cc1OCCCN1CCCC1)C(C)(C)OC3. The van der Waals surface area contributed by atoms with Crippen LogP contribution in [0.3, 0.4) is 0 Å². The molecular weight excluding hydrogens is 362 g/mol. The average molecular weight is 398 g/mol. The molecule has 0 aliphatic carbocycles. The first-order valence-corrected chi connectivity index (χ1v) is 11.1. The first kappa shape index (κ1) is 20.4. The lowest BCUT2D eigenvalue weighted by molar-refractivity contribution is -0.00746. The van der Waals surface area contributed by atoms with Gasteiger partial charge in [-0.25, -0.2) is 4.98 Å². The van der Waals surface area contributed by atoms with Crippen LogP contribution in [0.1, 0.15) is 63.6 Å². The third-order valence-corrected chi connectivity index (χ3v) is 6.07. The van der Waals surface area contributed by atoms with Gasteiger partial charge < -0.3 is 19.7 Å². The van der Waals surface area contributed by atoms with Crippen molar-refractivity contribution in [3.8, 4) is 5.75 Å². The van der Waals surface area contributed by atoms with Gasteiger partial charge in [0.2, 0.25) is 0 Å². The Bertz CT molecular complexity index is 886. The molecule has 0 bridgehead atoms. The fourth-order valence-electron chi connectivity index (χ4n) is 4.60. The van der Waals surface area contributed by atoms with Crippen LogP contribution in [0.15, 0.2) is 12.1 Å². The molecule has 2 aliphatic heterocycles. The molecule has 0 amide bonds. The summed E-state index contributed by atoms with van der Waals surface area (Å²) in [4.78, 5) is 7.53. The maximum absolute atomic E-state index is 6.17. The number of hydrogen-bond donors (Lipinski definition) is 1. The zero-order chi connectivity index (χ0) is 20.6. The number of pyridine rings is 1. The fraction of sp³-hybridized carbons (Fsp3) is 0.625. The Morgan fingerprint density at radius 3 is 2.72 bits per heavy atom. The van der Waals surface area contributed by atoms with Crippen LogP contribution in [-0.2, 0) is 16.9 Å². The summed E-state index contributed by atoms with van der Waals surface area (Å²) in [5, 5.41) is 4.72. The quantitative estimate of drug-likeness (QED) is 0.667. The van der Waals surface area contributed by atoms with E-state index in [-0.39, 0.29) is 5.60 Å². The van der Waals surface area contributed by atoms with Gasteiger partial charge in [-0.05, 0) is 84.2 Å². The Kier molecular flexibility index (Phi) is 5.71. The van der Waals surface area contributed by atoms with Crippen LogP contribution in [0.2, 0.25) is 0 Å². The van der Waals surface area contributed by atoms with Gasteiger partial charge in [-0.1, -0.05) is 0 Å². The summed E-state index contributed by atoms with van der Waals surface area (Å²) >= 11 is 0. The zero-order valence-corrected chi connectivity index (χ0v) is 18.6. The number of hydrogen-bond acceptors (Lipinski definition) is 5. The van der Waals surface area contributed by atoms with Crippen molar-refractivity contribution in [2.75, 3.05) is 31.6 Å². The highest BCUT2D eigenvalue weighted by Crippen LogP contribution is 2.44. The monoisotopic (exact) mass is 397 g/mol. The maximum Gasteiger partial charge on any atom is 0.133 e. The molecule has 29 heavy (non-hydrogen) atoms. The Morgan fingerprint density at radius 1 is 1.24 bits per heavy atom. The number of nitrogens with one attached hydrogen (secondary N) is 1. The molecule has 1 aromatic carbocycles. The van der Waals surface area contributed by atoms with E-state index in [1.165, 1.54) is 42.4 Å². The molecule has 0 unspecified atom stereocenters. The van der Waals surface area contributed by atoms with Crippen molar-refractivity contribution in [2.24, 2.45) is 0 Å². The number of rotatable bonds is 7. The molecule has 2 aromatic rings. The minimum atomic E-state index is -0.327. The molecule has 1 saturated heterocycles. The number of likely N-dealkylation sites (tertiary alicyclic amines) is 1. The summed E-state index contributed by atoms with van der Waals surface area (Å²) in [6.07, 6.45) is 3.75. The standard InChI is InChI=1S/C24H35N3O2/c1-16(2)25-23-22-19(15-29-24(22,4)5)18-13-17(3)21(14-20(18)26-23)28-12-8-11-27-9-6-7-10-27/h13-14,16H,6-12,15H2,1-5H3,(H,25,26). The summed E-state index contributed by atoms with van der Waals surface area (Å²) in [7, 11) is 0.